The lowest BCUT2D eigenvalue weighted by molar-refractivity contribution is 0.866. The van der Waals surface area contributed by atoms with E-state index in [2.05, 4.69) is 75.3 Å². The first-order chi connectivity index (χ1) is 13.2. The molecule has 0 aliphatic carbocycles. The molecule has 0 bridgehead atoms. The Kier molecular flexibility index (Phi) is 6.20. The summed E-state index contributed by atoms with van der Waals surface area (Å²) in [5, 5.41) is 11.5. The van der Waals surface area contributed by atoms with Crippen molar-refractivity contribution in [2.45, 2.75) is 20.8 Å². The summed E-state index contributed by atoms with van der Waals surface area (Å²) in [5.41, 5.74) is 3.22. The molecule has 3 rings (SSSR count). The molecule has 0 unspecified atom stereocenters. The third-order valence-electron chi connectivity index (χ3n) is 4.46. The predicted octanol–water partition coefficient (Wildman–Crippen LogP) is 4.62. The van der Waals surface area contributed by atoms with Crippen LogP contribution in [0, 0.1) is 0 Å². The maximum atomic E-state index is 4.64. The molecule has 6 nitrogen and oxygen atoms in total. The van der Waals surface area contributed by atoms with Crippen molar-refractivity contribution < 1.29 is 0 Å². The zero-order valence-electron chi connectivity index (χ0n) is 16.1. The molecular formula is C21H26N6. The number of hydrogen-bond acceptors (Lipinski definition) is 6. The fourth-order valence-corrected chi connectivity index (χ4v) is 3.04. The molecule has 1 heterocycles. The second kappa shape index (κ2) is 8.98. The van der Waals surface area contributed by atoms with Crippen LogP contribution in [0.4, 0.5) is 28.8 Å². The SMILES string of the molecule is CCN(CC)c1ccc(Nc2nncc(N(CC)c3ccccc3)n2)cc1. The smallest absolute Gasteiger partial charge is 0.249 e. The van der Waals surface area contributed by atoms with E-state index in [1.165, 1.54) is 5.69 Å². The van der Waals surface area contributed by atoms with Crippen molar-refractivity contribution in [1.29, 1.82) is 0 Å². The van der Waals surface area contributed by atoms with E-state index in [4.69, 9.17) is 0 Å². The Bertz CT molecular complexity index is 831. The van der Waals surface area contributed by atoms with Gasteiger partial charge in [-0.25, -0.2) is 0 Å². The average molecular weight is 362 g/mol. The van der Waals surface area contributed by atoms with Gasteiger partial charge in [-0.1, -0.05) is 18.2 Å². The summed E-state index contributed by atoms with van der Waals surface area (Å²) in [7, 11) is 0. The van der Waals surface area contributed by atoms with Gasteiger partial charge in [-0.05, 0) is 57.2 Å². The fraction of sp³-hybridized carbons (Fsp3) is 0.286. The van der Waals surface area contributed by atoms with Gasteiger partial charge in [-0.2, -0.15) is 10.1 Å². The number of benzene rings is 2. The largest absolute Gasteiger partial charge is 0.372 e. The molecule has 2 aromatic carbocycles. The number of nitrogens with one attached hydrogen (secondary N) is 1. The minimum atomic E-state index is 0.484. The summed E-state index contributed by atoms with van der Waals surface area (Å²) in [5.74, 6) is 1.25. The lowest BCUT2D eigenvalue weighted by atomic mass is 10.2. The summed E-state index contributed by atoms with van der Waals surface area (Å²) in [4.78, 5) is 9.04. The third kappa shape index (κ3) is 4.53. The van der Waals surface area contributed by atoms with Crippen molar-refractivity contribution in [3.63, 3.8) is 0 Å². The monoisotopic (exact) mass is 362 g/mol. The van der Waals surface area contributed by atoms with E-state index in [1.54, 1.807) is 6.20 Å². The van der Waals surface area contributed by atoms with E-state index in [0.717, 1.165) is 36.8 Å². The van der Waals surface area contributed by atoms with Crippen LogP contribution in [0.25, 0.3) is 0 Å². The van der Waals surface area contributed by atoms with Crippen LogP contribution < -0.4 is 15.1 Å². The van der Waals surface area contributed by atoms with Gasteiger partial charge in [0, 0.05) is 36.7 Å². The number of anilines is 5. The van der Waals surface area contributed by atoms with Crippen LogP contribution in [0.3, 0.4) is 0 Å². The van der Waals surface area contributed by atoms with E-state index in [9.17, 15) is 0 Å². The topological polar surface area (TPSA) is 57.2 Å². The molecular weight excluding hydrogens is 336 g/mol. The first-order valence-electron chi connectivity index (χ1n) is 9.39. The molecule has 1 N–H and O–H groups in total. The Morgan fingerprint density at radius 2 is 1.52 bits per heavy atom. The number of hydrogen-bond donors (Lipinski definition) is 1. The quantitative estimate of drug-likeness (QED) is 0.631. The van der Waals surface area contributed by atoms with Crippen LogP contribution in [0.2, 0.25) is 0 Å². The Balaban J connectivity index is 1.78. The normalized spacial score (nSPS) is 10.5. The Hall–Kier alpha value is -3.15. The number of rotatable bonds is 8. The first kappa shape index (κ1) is 18.6. The van der Waals surface area contributed by atoms with Gasteiger partial charge in [0.1, 0.15) is 0 Å². The average Bonchev–Trinajstić information content (AvgIpc) is 2.72. The van der Waals surface area contributed by atoms with Gasteiger partial charge < -0.3 is 15.1 Å². The van der Waals surface area contributed by atoms with Gasteiger partial charge in [0.15, 0.2) is 5.82 Å². The highest BCUT2D eigenvalue weighted by Crippen LogP contribution is 2.24. The summed E-state index contributed by atoms with van der Waals surface area (Å²) in [6.07, 6.45) is 1.69. The van der Waals surface area contributed by atoms with Crippen molar-refractivity contribution in [1.82, 2.24) is 15.2 Å². The van der Waals surface area contributed by atoms with Gasteiger partial charge >= 0.3 is 0 Å². The molecule has 6 heteroatoms. The minimum absolute atomic E-state index is 0.484. The van der Waals surface area contributed by atoms with Crippen LogP contribution in [-0.2, 0) is 0 Å². The van der Waals surface area contributed by atoms with E-state index < -0.39 is 0 Å². The lowest BCUT2D eigenvalue weighted by Gasteiger charge is -2.22. The van der Waals surface area contributed by atoms with Crippen molar-refractivity contribution >= 4 is 28.8 Å². The highest BCUT2D eigenvalue weighted by Gasteiger charge is 2.10. The zero-order chi connectivity index (χ0) is 19.1. The number of para-hydroxylation sites is 1. The van der Waals surface area contributed by atoms with E-state index in [0.29, 0.717) is 5.95 Å². The molecule has 1 aromatic heterocycles. The van der Waals surface area contributed by atoms with Crippen LogP contribution in [0.1, 0.15) is 20.8 Å². The second-order valence-corrected chi connectivity index (χ2v) is 6.06. The van der Waals surface area contributed by atoms with Gasteiger partial charge in [-0.15, -0.1) is 5.10 Å². The van der Waals surface area contributed by atoms with Crippen molar-refractivity contribution in [3.8, 4) is 0 Å². The van der Waals surface area contributed by atoms with Crippen LogP contribution in [0.15, 0.2) is 60.8 Å². The molecule has 0 atom stereocenters. The molecule has 140 valence electrons. The third-order valence-corrected chi connectivity index (χ3v) is 4.46. The number of nitrogens with zero attached hydrogens (tertiary/aromatic N) is 5. The van der Waals surface area contributed by atoms with Gasteiger partial charge in [0.25, 0.3) is 0 Å². The first-order valence-corrected chi connectivity index (χ1v) is 9.39. The van der Waals surface area contributed by atoms with Crippen molar-refractivity contribution in [3.05, 3.63) is 60.8 Å². The summed E-state index contributed by atoms with van der Waals surface area (Å²) in [6, 6.07) is 18.5. The molecule has 0 aliphatic rings. The predicted molar refractivity (Wildman–Crippen MR) is 112 cm³/mol. The van der Waals surface area contributed by atoms with Crippen molar-refractivity contribution in [2.75, 3.05) is 34.8 Å². The molecule has 0 saturated heterocycles. The molecule has 0 spiro atoms. The number of aromatic nitrogens is 3. The highest BCUT2D eigenvalue weighted by molar-refractivity contribution is 5.62. The van der Waals surface area contributed by atoms with E-state index in [1.807, 2.05) is 30.3 Å². The summed E-state index contributed by atoms with van der Waals surface area (Å²) in [6.45, 7) is 9.18. The van der Waals surface area contributed by atoms with Gasteiger partial charge in [-0.3, -0.25) is 0 Å². The zero-order valence-corrected chi connectivity index (χ0v) is 16.1. The van der Waals surface area contributed by atoms with Crippen molar-refractivity contribution in [2.24, 2.45) is 0 Å². The molecule has 0 saturated carbocycles. The maximum absolute atomic E-state index is 4.64. The molecule has 3 aromatic rings. The van der Waals surface area contributed by atoms with Crippen LogP contribution >= 0.6 is 0 Å². The Morgan fingerprint density at radius 3 is 2.15 bits per heavy atom. The van der Waals surface area contributed by atoms with E-state index in [-0.39, 0.29) is 0 Å². The molecule has 0 aliphatic heterocycles. The standard InChI is InChI=1S/C21H26N6/c1-4-26(5-2)18-14-12-17(13-15-18)23-21-24-20(16-22-25-21)27(6-3)19-10-8-7-9-11-19/h7-16H,4-6H2,1-3H3,(H,23,24,25). The minimum Gasteiger partial charge on any atom is -0.372 e. The molecule has 27 heavy (non-hydrogen) atoms. The Labute approximate surface area is 160 Å². The maximum Gasteiger partial charge on any atom is 0.249 e. The van der Waals surface area contributed by atoms with E-state index >= 15 is 0 Å². The Morgan fingerprint density at radius 1 is 0.815 bits per heavy atom. The van der Waals surface area contributed by atoms with Gasteiger partial charge in [0.2, 0.25) is 5.95 Å². The molecule has 0 fully saturated rings. The fourth-order valence-electron chi connectivity index (χ4n) is 3.04. The second-order valence-electron chi connectivity index (χ2n) is 6.06. The highest BCUT2D eigenvalue weighted by atomic mass is 15.3. The lowest BCUT2D eigenvalue weighted by Crippen LogP contribution is -2.21. The van der Waals surface area contributed by atoms with Gasteiger partial charge in [0.05, 0.1) is 6.20 Å². The molecule has 0 amide bonds. The van der Waals surface area contributed by atoms with Crippen LogP contribution in [0.5, 0.6) is 0 Å². The van der Waals surface area contributed by atoms with Crippen LogP contribution in [-0.4, -0.2) is 34.8 Å². The molecule has 0 radical (unpaired) electrons. The summed E-state index contributed by atoms with van der Waals surface area (Å²) >= 11 is 0. The summed E-state index contributed by atoms with van der Waals surface area (Å²) < 4.78 is 0.